The molecule has 2 aliphatic rings. The molecule has 1 aliphatic heterocycles. The molecular formula is C17H24BrFN2. The van der Waals surface area contributed by atoms with Gasteiger partial charge in [-0.3, -0.25) is 4.90 Å². The van der Waals surface area contributed by atoms with Crippen LogP contribution in [0.2, 0.25) is 0 Å². The minimum absolute atomic E-state index is 0.150. The van der Waals surface area contributed by atoms with Crippen molar-refractivity contribution in [3.8, 4) is 0 Å². The van der Waals surface area contributed by atoms with E-state index in [9.17, 15) is 4.39 Å². The summed E-state index contributed by atoms with van der Waals surface area (Å²) in [5.41, 5.74) is 1.20. The second-order valence-electron chi connectivity index (χ2n) is 6.77. The fourth-order valence-corrected chi connectivity index (χ4v) is 3.67. The molecule has 1 aromatic rings. The highest BCUT2D eigenvalue weighted by Crippen LogP contribution is 2.37. The molecular weight excluding hydrogens is 331 g/mol. The van der Waals surface area contributed by atoms with Gasteiger partial charge in [-0.25, -0.2) is 4.39 Å². The summed E-state index contributed by atoms with van der Waals surface area (Å²) >= 11 is 3.41. The van der Waals surface area contributed by atoms with Crippen LogP contribution in [0.15, 0.2) is 22.7 Å². The first-order valence-corrected chi connectivity index (χ1v) is 8.74. The third-order valence-corrected chi connectivity index (χ3v) is 6.16. The van der Waals surface area contributed by atoms with Crippen LogP contribution in [0.3, 0.4) is 0 Å². The molecule has 21 heavy (non-hydrogen) atoms. The predicted octanol–water partition coefficient (Wildman–Crippen LogP) is 3.94. The second kappa shape index (κ2) is 5.98. The van der Waals surface area contributed by atoms with Gasteiger partial charge in [0.1, 0.15) is 5.82 Å². The van der Waals surface area contributed by atoms with Crippen LogP contribution in [-0.4, -0.2) is 29.6 Å². The maximum absolute atomic E-state index is 13.7. The van der Waals surface area contributed by atoms with E-state index in [4.69, 9.17) is 0 Å². The van der Waals surface area contributed by atoms with Crippen molar-refractivity contribution in [3.63, 3.8) is 0 Å². The molecule has 0 bridgehead atoms. The Morgan fingerprint density at radius 3 is 2.86 bits per heavy atom. The Hall–Kier alpha value is -0.450. The second-order valence-corrected chi connectivity index (χ2v) is 7.56. The maximum atomic E-state index is 13.7. The fraction of sp³-hybridized carbons (Fsp3) is 0.647. The van der Waals surface area contributed by atoms with Crippen LogP contribution >= 0.6 is 15.9 Å². The van der Waals surface area contributed by atoms with Crippen molar-refractivity contribution in [2.45, 2.75) is 51.2 Å². The molecule has 0 amide bonds. The molecule has 0 aromatic heterocycles. The van der Waals surface area contributed by atoms with Crippen LogP contribution in [0.4, 0.5) is 4.39 Å². The Balaban J connectivity index is 1.80. The lowest BCUT2D eigenvalue weighted by Gasteiger charge is -2.48. The van der Waals surface area contributed by atoms with Crippen molar-refractivity contribution in [3.05, 3.63) is 34.1 Å². The van der Waals surface area contributed by atoms with E-state index in [-0.39, 0.29) is 11.4 Å². The smallest absolute Gasteiger partial charge is 0.137 e. The lowest BCUT2D eigenvalue weighted by molar-refractivity contribution is 0.0367. The molecule has 1 aliphatic carbocycles. The normalized spacial score (nSPS) is 30.6. The van der Waals surface area contributed by atoms with Crippen molar-refractivity contribution in [1.29, 1.82) is 0 Å². The molecule has 1 aromatic carbocycles. The van der Waals surface area contributed by atoms with Gasteiger partial charge < -0.3 is 5.32 Å². The van der Waals surface area contributed by atoms with Gasteiger partial charge in [-0.1, -0.05) is 19.1 Å². The molecule has 0 spiro atoms. The van der Waals surface area contributed by atoms with Crippen LogP contribution in [0.1, 0.15) is 38.7 Å². The van der Waals surface area contributed by atoms with E-state index in [1.165, 1.54) is 18.9 Å². The molecule has 0 radical (unpaired) electrons. The Bertz CT molecular complexity index is 518. The number of rotatable bonds is 4. The largest absolute Gasteiger partial charge is 0.311 e. The minimum atomic E-state index is -0.167. The van der Waals surface area contributed by atoms with Gasteiger partial charge in [-0.05, 0) is 59.7 Å². The van der Waals surface area contributed by atoms with Gasteiger partial charge in [0.2, 0.25) is 0 Å². The lowest BCUT2D eigenvalue weighted by atomic mass is 9.90. The van der Waals surface area contributed by atoms with Gasteiger partial charge in [-0.2, -0.15) is 0 Å². The molecule has 2 unspecified atom stereocenters. The maximum Gasteiger partial charge on any atom is 0.137 e. The topological polar surface area (TPSA) is 15.3 Å². The zero-order chi connectivity index (χ0) is 15.0. The highest BCUT2D eigenvalue weighted by molar-refractivity contribution is 9.10. The van der Waals surface area contributed by atoms with E-state index in [0.717, 1.165) is 37.5 Å². The predicted molar refractivity (Wildman–Crippen MR) is 87.7 cm³/mol. The molecule has 1 saturated heterocycles. The van der Waals surface area contributed by atoms with Crippen molar-refractivity contribution in [1.82, 2.24) is 10.2 Å². The summed E-state index contributed by atoms with van der Waals surface area (Å²) in [7, 11) is 0. The van der Waals surface area contributed by atoms with Gasteiger partial charge in [0.15, 0.2) is 0 Å². The van der Waals surface area contributed by atoms with Crippen molar-refractivity contribution >= 4 is 15.9 Å². The third kappa shape index (κ3) is 3.17. The summed E-state index contributed by atoms with van der Waals surface area (Å²) in [5.74, 6) is 0.685. The van der Waals surface area contributed by atoms with Crippen LogP contribution in [0.25, 0.3) is 0 Å². The summed E-state index contributed by atoms with van der Waals surface area (Å²) in [5, 5.41) is 3.74. The van der Waals surface area contributed by atoms with Gasteiger partial charge in [0.05, 0.1) is 4.47 Å². The Morgan fingerprint density at radius 2 is 2.19 bits per heavy atom. The van der Waals surface area contributed by atoms with E-state index in [1.54, 1.807) is 6.07 Å². The highest BCUT2D eigenvalue weighted by Gasteiger charge is 2.41. The van der Waals surface area contributed by atoms with Crippen LogP contribution < -0.4 is 5.32 Å². The van der Waals surface area contributed by atoms with E-state index in [1.807, 2.05) is 6.07 Å². The number of hydrogen-bond acceptors (Lipinski definition) is 2. The first-order chi connectivity index (χ1) is 10.0. The molecule has 2 nitrogen and oxygen atoms in total. The first kappa shape index (κ1) is 15.4. The lowest BCUT2D eigenvalue weighted by Crippen LogP contribution is -2.63. The van der Waals surface area contributed by atoms with Crippen molar-refractivity contribution in [2.24, 2.45) is 5.92 Å². The van der Waals surface area contributed by atoms with Crippen LogP contribution in [0.5, 0.6) is 0 Å². The molecule has 4 heteroatoms. The SMILES string of the molecule is CCC1(C)CNC(C2CC2)CN1Cc1cccc(F)c1Br. The number of benzene rings is 1. The monoisotopic (exact) mass is 354 g/mol. The number of nitrogens with zero attached hydrogens (tertiary/aromatic N) is 1. The van der Waals surface area contributed by atoms with Gasteiger partial charge >= 0.3 is 0 Å². The third-order valence-electron chi connectivity index (χ3n) is 5.27. The highest BCUT2D eigenvalue weighted by atomic mass is 79.9. The summed E-state index contributed by atoms with van der Waals surface area (Å²) in [6.07, 6.45) is 3.82. The molecule has 2 atom stereocenters. The number of nitrogens with one attached hydrogen (secondary N) is 1. The Morgan fingerprint density at radius 1 is 1.43 bits per heavy atom. The van der Waals surface area contributed by atoms with Crippen molar-refractivity contribution in [2.75, 3.05) is 13.1 Å². The standard InChI is InChI=1S/C17H24BrFN2/c1-3-17(2)11-20-15(12-7-8-12)10-21(17)9-13-5-4-6-14(19)16(13)18/h4-6,12,15,20H,3,7-11H2,1-2H3. The van der Waals surface area contributed by atoms with Crippen LogP contribution in [-0.2, 0) is 6.54 Å². The Kier molecular flexibility index (Phi) is 4.40. The fourth-order valence-electron chi connectivity index (χ4n) is 3.28. The molecule has 116 valence electrons. The summed E-state index contributed by atoms with van der Waals surface area (Å²) in [4.78, 5) is 2.55. The van der Waals surface area contributed by atoms with Gasteiger partial charge in [-0.15, -0.1) is 0 Å². The molecule has 2 fully saturated rings. The summed E-state index contributed by atoms with van der Waals surface area (Å²) < 4.78 is 14.4. The minimum Gasteiger partial charge on any atom is -0.311 e. The number of piperazine rings is 1. The van der Waals surface area contributed by atoms with Crippen LogP contribution in [0, 0.1) is 11.7 Å². The molecule has 1 heterocycles. The molecule has 1 N–H and O–H groups in total. The molecule has 3 rings (SSSR count). The quantitative estimate of drug-likeness (QED) is 0.880. The van der Waals surface area contributed by atoms with Gasteiger partial charge in [0.25, 0.3) is 0 Å². The van der Waals surface area contributed by atoms with E-state index in [0.29, 0.717) is 10.5 Å². The zero-order valence-electron chi connectivity index (χ0n) is 12.8. The van der Waals surface area contributed by atoms with Gasteiger partial charge in [0, 0.05) is 31.2 Å². The van der Waals surface area contributed by atoms with E-state index < -0.39 is 0 Å². The number of halogens is 2. The summed E-state index contributed by atoms with van der Waals surface area (Å²) in [6, 6.07) is 5.95. The zero-order valence-corrected chi connectivity index (χ0v) is 14.4. The average Bonchev–Trinajstić information content (AvgIpc) is 3.31. The first-order valence-electron chi connectivity index (χ1n) is 7.95. The van der Waals surface area contributed by atoms with Crippen molar-refractivity contribution < 1.29 is 4.39 Å². The van der Waals surface area contributed by atoms with E-state index >= 15 is 0 Å². The Labute approximate surface area is 135 Å². The molecule has 1 saturated carbocycles. The number of hydrogen-bond donors (Lipinski definition) is 1. The van der Waals surface area contributed by atoms with E-state index in [2.05, 4.69) is 40.0 Å². The summed E-state index contributed by atoms with van der Waals surface area (Å²) in [6.45, 7) is 7.46. The average molecular weight is 355 g/mol.